The number of aromatic amines is 1. The summed E-state index contributed by atoms with van der Waals surface area (Å²) in [7, 11) is 0. The number of pyridine rings is 1. The molecule has 0 radical (unpaired) electrons. The van der Waals surface area contributed by atoms with Gasteiger partial charge in [-0.3, -0.25) is 10.1 Å². The highest BCUT2D eigenvalue weighted by atomic mass is 16.6. The molecule has 0 unspecified atom stereocenters. The van der Waals surface area contributed by atoms with Gasteiger partial charge in [-0.15, -0.1) is 0 Å². The Kier molecular flexibility index (Phi) is 2.20. The first kappa shape index (κ1) is 7.96. The Morgan fingerprint density at radius 2 is 2.42 bits per heavy atom. The Morgan fingerprint density at radius 3 is 2.83 bits per heavy atom. The lowest BCUT2D eigenvalue weighted by Crippen LogP contribution is -2.02. The van der Waals surface area contributed by atoms with E-state index in [4.69, 9.17) is 5.53 Å². The van der Waals surface area contributed by atoms with Gasteiger partial charge < -0.3 is 0 Å². The number of azide groups is 1. The largest absolute Gasteiger partial charge is 0.414 e. The summed E-state index contributed by atoms with van der Waals surface area (Å²) in [4.78, 5) is 14.6. The van der Waals surface area contributed by atoms with Gasteiger partial charge in [-0.05, 0) is 0 Å². The van der Waals surface area contributed by atoms with Crippen LogP contribution in [0.5, 0.6) is 0 Å². The van der Waals surface area contributed by atoms with Crippen LogP contribution in [-0.2, 0) is 0 Å². The Labute approximate surface area is 66.4 Å². The minimum atomic E-state index is -0.545. The second-order valence-electron chi connectivity index (χ2n) is 1.88. The van der Waals surface area contributed by atoms with Crippen molar-refractivity contribution in [2.45, 2.75) is 0 Å². The zero-order valence-electron chi connectivity index (χ0n) is 5.84. The lowest BCUT2D eigenvalue weighted by molar-refractivity contribution is -0.414. The van der Waals surface area contributed by atoms with Crippen LogP contribution in [0.1, 0.15) is 0 Å². The van der Waals surface area contributed by atoms with Crippen molar-refractivity contribution >= 4 is 11.5 Å². The molecule has 1 rings (SSSR count). The zero-order chi connectivity index (χ0) is 8.97. The van der Waals surface area contributed by atoms with Crippen molar-refractivity contribution in [3.63, 3.8) is 0 Å². The third kappa shape index (κ3) is 1.68. The van der Waals surface area contributed by atoms with Crippen LogP contribution < -0.4 is 4.98 Å². The highest BCUT2D eigenvalue weighted by Gasteiger charge is 2.11. The van der Waals surface area contributed by atoms with Gasteiger partial charge >= 0.3 is 16.6 Å². The number of aromatic nitrogens is 1. The number of H-pyrrole nitrogens is 1. The van der Waals surface area contributed by atoms with E-state index in [9.17, 15) is 10.1 Å². The van der Waals surface area contributed by atoms with Crippen LogP contribution in [-0.4, -0.2) is 4.92 Å². The van der Waals surface area contributed by atoms with Gasteiger partial charge in [0.2, 0.25) is 4.91 Å². The van der Waals surface area contributed by atoms with Crippen molar-refractivity contribution in [3.8, 4) is 0 Å². The van der Waals surface area contributed by atoms with E-state index in [2.05, 4.69) is 15.0 Å². The van der Waals surface area contributed by atoms with E-state index in [1.165, 1.54) is 12.1 Å². The van der Waals surface area contributed by atoms with E-state index in [1.54, 1.807) is 0 Å². The molecule has 1 heterocycles. The summed E-state index contributed by atoms with van der Waals surface area (Å²) in [6, 6.07) is 2.58. The molecule has 0 saturated carbocycles. The van der Waals surface area contributed by atoms with Crippen molar-refractivity contribution in [1.82, 2.24) is 0 Å². The van der Waals surface area contributed by atoms with Crippen LogP contribution in [0.4, 0.5) is 11.5 Å². The van der Waals surface area contributed by atoms with E-state index in [0.29, 0.717) is 0 Å². The maximum Gasteiger partial charge on any atom is 0.414 e. The highest BCUT2D eigenvalue weighted by Crippen LogP contribution is 2.09. The van der Waals surface area contributed by atoms with E-state index in [-0.39, 0.29) is 11.5 Å². The third-order valence-electron chi connectivity index (χ3n) is 1.14. The van der Waals surface area contributed by atoms with Crippen molar-refractivity contribution in [2.24, 2.45) is 5.11 Å². The smallest absolute Gasteiger partial charge is 0.258 e. The van der Waals surface area contributed by atoms with Crippen molar-refractivity contribution in [1.29, 1.82) is 0 Å². The molecule has 0 amide bonds. The van der Waals surface area contributed by atoms with Gasteiger partial charge in [-0.1, -0.05) is 0 Å². The number of hydrogen-bond acceptors (Lipinski definition) is 3. The van der Waals surface area contributed by atoms with Gasteiger partial charge in [0, 0.05) is 17.7 Å². The van der Waals surface area contributed by atoms with E-state index < -0.39 is 4.92 Å². The first-order valence-electron chi connectivity index (χ1n) is 2.95. The highest BCUT2D eigenvalue weighted by molar-refractivity contribution is 5.29. The number of hydrogen-bond donors (Lipinski definition) is 0. The summed E-state index contributed by atoms with van der Waals surface area (Å²) in [5, 5.41) is 13.4. The first-order valence-corrected chi connectivity index (χ1v) is 2.95. The van der Waals surface area contributed by atoms with Crippen LogP contribution in [0.25, 0.3) is 10.4 Å². The zero-order valence-corrected chi connectivity index (χ0v) is 5.84. The Bertz CT molecular complexity index is 318. The molecule has 60 valence electrons. The van der Waals surface area contributed by atoms with E-state index >= 15 is 0 Å². The molecular weight excluding hydrogens is 162 g/mol. The summed E-state index contributed by atoms with van der Waals surface area (Å²) in [5.41, 5.74) is 7.93. The molecule has 12 heavy (non-hydrogen) atoms. The Hall–Kier alpha value is -2.14. The predicted molar refractivity (Wildman–Crippen MR) is 38.5 cm³/mol. The number of nitro groups is 1. The molecule has 0 bridgehead atoms. The van der Waals surface area contributed by atoms with Crippen LogP contribution >= 0.6 is 0 Å². The van der Waals surface area contributed by atoms with Gasteiger partial charge in [-0.25, -0.2) is 4.98 Å². The molecule has 0 aromatic carbocycles. The number of nitrogens with one attached hydrogen (secondary N) is 1. The third-order valence-corrected chi connectivity index (χ3v) is 1.14. The molecule has 0 atom stereocenters. The average Bonchev–Trinajstić information content (AvgIpc) is 2.06. The fraction of sp³-hybridized carbons (Fsp3) is 0. The van der Waals surface area contributed by atoms with Crippen LogP contribution in [0.2, 0.25) is 0 Å². The second kappa shape index (κ2) is 3.31. The molecule has 0 aliphatic carbocycles. The van der Waals surface area contributed by atoms with E-state index in [0.717, 1.165) is 6.20 Å². The minimum Gasteiger partial charge on any atom is -0.258 e. The summed E-state index contributed by atoms with van der Waals surface area (Å²) in [6.45, 7) is 0. The molecule has 0 aliphatic rings. The Morgan fingerprint density at radius 1 is 1.67 bits per heavy atom. The van der Waals surface area contributed by atoms with Crippen LogP contribution in [0, 0.1) is 10.1 Å². The molecule has 1 aromatic heterocycles. The molecular formula is C5H4N5O2+. The lowest BCUT2D eigenvalue weighted by Gasteiger charge is -1.83. The van der Waals surface area contributed by atoms with Crippen LogP contribution in [0.15, 0.2) is 23.4 Å². The molecule has 1 N–H and O–H groups in total. The summed E-state index contributed by atoms with van der Waals surface area (Å²) in [5.74, 6) is 0.239. The van der Waals surface area contributed by atoms with Gasteiger partial charge in [-0.2, -0.15) is 0 Å². The van der Waals surface area contributed by atoms with Crippen molar-refractivity contribution in [3.05, 3.63) is 38.9 Å². The van der Waals surface area contributed by atoms with Gasteiger partial charge in [0.15, 0.2) is 6.20 Å². The number of rotatable bonds is 2. The van der Waals surface area contributed by atoms with Crippen LogP contribution in [0.3, 0.4) is 0 Å². The molecule has 7 heteroatoms. The van der Waals surface area contributed by atoms with Crippen molar-refractivity contribution in [2.75, 3.05) is 0 Å². The quantitative estimate of drug-likeness (QED) is 0.217. The molecule has 0 aliphatic heterocycles. The fourth-order valence-electron chi connectivity index (χ4n) is 0.632. The minimum absolute atomic E-state index is 0.0770. The first-order chi connectivity index (χ1) is 5.74. The summed E-state index contributed by atoms with van der Waals surface area (Å²) < 4.78 is 0. The molecule has 0 spiro atoms. The fourth-order valence-corrected chi connectivity index (χ4v) is 0.632. The normalized spacial score (nSPS) is 8.67. The molecule has 1 aromatic rings. The van der Waals surface area contributed by atoms with E-state index in [1.807, 2.05) is 0 Å². The monoisotopic (exact) mass is 166 g/mol. The van der Waals surface area contributed by atoms with Crippen molar-refractivity contribution < 1.29 is 9.91 Å². The maximum atomic E-state index is 10.2. The summed E-state index contributed by atoms with van der Waals surface area (Å²) in [6.07, 6.45) is 1.16. The van der Waals surface area contributed by atoms with Gasteiger partial charge in [0.25, 0.3) is 0 Å². The second-order valence-corrected chi connectivity index (χ2v) is 1.88. The summed E-state index contributed by atoms with van der Waals surface area (Å²) >= 11 is 0. The van der Waals surface area contributed by atoms with Gasteiger partial charge in [0.05, 0.1) is 4.92 Å². The maximum absolute atomic E-state index is 10.2. The standard InChI is InChI=1S/C5H3N5O2/c6-9-8-5-2-1-4(3-7-5)10(11)12/h1-3H/p+1. The number of nitrogens with zero attached hydrogens (tertiary/aromatic N) is 4. The predicted octanol–water partition coefficient (Wildman–Crippen LogP) is 1.35. The molecule has 0 saturated heterocycles. The molecule has 7 nitrogen and oxygen atoms in total. The van der Waals surface area contributed by atoms with Gasteiger partial charge in [0.1, 0.15) is 0 Å². The molecule has 0 fully saturated rings. The lowest BCUT2D eigenvalue weighted by atomic mass is 10.4. The average molecular weight is 166 g/mol. The Balaban J connectivity index is 3.00. The topological polar surface area (TPSA) is 106 Å². The SMILES string of the molecule is [N-]=[N+]=Nc1ccc([N+](=O)[O-])c[nH+]1.